The highest BCUT2D eigenvalue weighted by Gasteiger charge is 2.29. The summed E-state index contributed by atoms with van der Waals surface area (Å²) in [4.78, 5) is 11.3. The molecule has 0 amide bonds. The maximum atomic E-state index is 13.5. The van der Waals surface area contributed by atoms with Crippen LogP contribution in [0.2, 0.25) is 0 Å². The summed E-state index contributed by atoms with van der Waals surface area (Å²) in [7, 11) is 1.86. The largest absolute Gasteiger partial charge is 0.373 e. The van der Waals surface area contributed by atoms with Gasteiger partial charge in [0.2, 0.25) is 0 Å². The molecule has 1 N–H and O–H groups in total. The normalized spacial score (nSPS) is 17.0. The first-order valence-corrected chi connectivity index (χ1v) is 7.37. The van der Waals surface area contributed by atoms with Gasteiger partial charge in [0.25, 0.3) is 0 Å². The van der Waals surface area contributed by atoms with E-state index in [0.29, 0.717) is 5.92 Å². The van der Waals surface area contributed by atoms with Crippen LogP contribution in [0.4, 0.5) is 21.7 Å². The van der Waals surface area contributed by atoms with Crippen LogP contribution in [0.5, 0.6) is 0 Å². The molecule has 4 rings (SSSR count). The van der Waals surface area contributed by atoms with Gasteiger partial charge in [-0.1, -0.05) is 6.07 Å². The Hall–Kier alpha value is -2.17. The zero-order valence-corrected chi connectivity index (χ0v) is 11.9. The molecule has 1 saturated carbocycles. The van der Waals surface area contributed by atoms with Crippen molar-refractivity contribution in [1.82, 2.24) is 9.97 Å². The summed E-state index contributed by atoms with van der Waals surface area (Å²) in [5, 5.41) is 3.10. The molecule has 0 saturated heterocycles. The van der Waals surface area contributed by atoms with E-state index >= 15 is 0 Å². The number of halogens is 1. The molecule has 0 atom stereocenters. The summed E-state index contributed by atoms with van der Waals surface area (Å²) in [6, 6.07) is 6.93. The maximum Gasteiger partial charge on any atom is 0.138 e. The lowest BCUT2D eigenvalue weighted by Gasteiger charge is -2.19. The zero-order valence-electron chi connectivity index (χ0n) is 11.9. The molecular formula is C16H17FN4. The van der Waals surface area contributed by atoms with Gasteiger partial charge in [-0.05, 0) is 37.0 Å². The van der Waals surface area contributed by atoms with Gasteiger partial charge in [0.15, 0.2) is 0 Å². The first-order valence-electron chi connectivity index (χ1n) is 7.37. The van der Waals surface area contributed by atoms with E-state index in [0.717, 1.165) is 49.0 Å². The van der Waals surface area contributed by atoms with Crippen LogP contribution in [0.15, 0.2) is 24.3 Å². The van der Waals surface area contributed by atoms with Crippen molar-refractivity contribution in [2.75, 3.05) is 23.8 Å². The van der Waals surface area contributed by atoms with Gasteiger partial charge in [-0.15, -0.1) is 0 Å². The number of aromatic nitrogens is 2. The van der Waals surface area contributed by atoms with Crippen molar-refractivity contribution in [2.45, 2.75) is 25.2 Å². The third kappa shape index (κ3) is 2.22. The third-order valence-electron chi connectivity index (χ3n) is 4.15. The Balaban J connectivity index is 1.77. The van der Waals surface area contributed by atoms with Gasteiger partial charge in [0, 0.05) is 31.3 Å². The molecule has 4 nitrogen and oxygen atoms in total. The highest BCUT2D eigenvalue weighted by molar-refractivity contribution is 5.69. The summed E-state index contributed by atoms with van der Waals surface area (Å²) >= 11 is 0. The van der Waals surface area contributed by atoms with Crippen LogP contribution < -0.4 is 10.2 Å². The van der Waals surface area contributed by atoms with Crippen molar-refractivity contribution in [3.63, 3.8) is 0 Å². The fourth-order valence-electron chi connectivity index (χ4n) is 2.83. The number of nitrogens with zero attached hydrogens (tertiary/aromatic N) is 3. The van der Waals surface area contributed by atoms with Gasteiger partial charge < -0.3 is 10.2 Å². The van der Waals surface area contributed by atoms with E-state index in [1.807, 2.05) is 19.2 Å². The lowest BCUT2D eigenvalue weighted by molar-refractivity contribution is 0.628. The number of hydrogen-bond acceptors (Lipinski definition) is 4. The van der Waals surface area contributed by atoms with E-state index in [2.05, 4.69) is 15.2 Å². The van der Waals surface area contributed by atoms with E-state index < -0.39 is 0 Å². The second-order valence-corrected chi connectivity index (χ2v) is 5.67. The molecule has 21 heavy (non-hydrogen) atoms. The van der Waals surface area contributed by atoms with Crippen LogP contribution in [0.1, 0.15) is 30.1 Å². The van der Waals surface area contributed by atoms with E-state index in [1.165, 1.54) is 11.6 Å². The standard InChI is InChI=1S/C16H17FN4/c1-18-14-9-15(20-16(19-14)11-2-3-11)21-7-6-10-4-5-12(17)8-13(10)21/h4-5,8-9,11H,2-3,6-7H2,1H3,(H,18,19,20). The van der Waals surface area contributed by atoms with Gasteiger partial charge in [-0.2, -0.15) is 0 Å². The van der Waals surface area contributed by atoms with Crippen LogP contribution in [-0.4, -0.2) is 23.6 Å². The Morgan fingerprint density at radius 1 is 1.24 bits per heavy atom. The molecule has 1 aliphatic heterocycles. The van der Waals surface area contributed by atoms with Gasteiger partial charge >= 0.3 is 0 Å². The fourth-order valence-corrected chi connectivity index (χ4v) is 2.83. The SMILES string of the molecule is CNc1cc(N2CCc3ccc(F)cc32)nc(C2CC2)n1. The average Bonchev–Trinajstić information content (AvgIpc) is 3.27. The minimum Gasteiger partial charge on any atom is -0.373 e. The Kier molecular flexibility index (Phi) is 2.80. The maximum absolute atomic E-state index is 13.5. The minimum absolute atomic E-state index is 0.203. The molecule has 5 heteroatoms. The van der Waals surface area contributed by atoms with E-state index in [1.54, 1.807) is 6.07 Å². The third-order valence-corrected chi connectivity index (χ3v) is 4.15. The summed E-state index contributed by atoms with van der Waals surface area (Å²) in [5.41, 5.74) is 2.10. The van der Waals surface area contributed by atoms with Gasteiger partial charge in [0.1, 0.15) is 23.3 Å². The van der Waals surface area contributed by atoms with E-state index in [9.17, 15) is 4.39 Å². The summed E-state index contributed by atoms with van der Waals surface area (Å²) < 4.78 is 13.5. The first-order chi connectivity index (χ1) is 10.2. The smallest absolute Gasteiger partial charge is 0.138 e. The van der Waals surface area contributed by atoms with Crippen molar-refractivity contribution in [1.29, 1.82) is 0 Å². The predicted molar refractivity (Wildman–Crippen MR) is 80.7 cm³/mol. The topological polar surface area (TPSA) is 41.0 Å². The van der Waals surface area contributed by atoms with Gasteiger partial charge in [0.05, 0.1) is 0 Å². The monoisotopic (exact) mass is 284 g/mol. The molecule has 0 bridgehead atoms. The molecular weight excluding hydrogens is 267 g/mol. The Bertz CT molecular complexity index is 697. The highest BCUT2D eigenvalue weighted by Crippen LogP contribution is 2.40. The Labute approximate surface area is 123 Å². The van der Waals surface area contributed by atoms with E-state index in [4.69, 9.17) is 4.98 Å². The van der Waals surface area contributed by atoms with E-state index in [-0.39, 0.29) is 5.82 Å². The molecule has 0 radical (unpaired) electrons. The van der Waals surface area contributed by atoms with Crippen molar-refractivity contribution < 1.29 is 4.39 Å². The number of fused-ring (bicyclic) bond motifs is 1. The lowest BCUT2D eigenvalue weighted by atomic mass is 10.2. The number of nitrogens with one attached hydrogen (secondary N) is 1. The molecule has 2 aromatic rings. The van der Waals surface area contributed by atoms with Crippen LogP contribution >= 0.6 is 0 Å². The molecule has 108 valence electrons. The van der Waals surface area contributed by atoms with Crippen molar-refractivity contribution in [2.24, 2.45) is 0 Å². The summed E-state index contributed by atoms with van der Waals surface area (Å²) in [5.74, 6) is 2.88. The number of anilines is 3. The average molecular weight is 284 g/mol. The van der Waals surface area contributed by atoms with Crippen LogP contribution in [0.25, 0.3) is 0 Å². The van der Waals surface area contributed by atoms with Crippen LogP contribution in [0.3, 0.4) is 0 Å². The van der Waals surface area contributed by atoms with Crippen molar-refractivity contribution in [3.05, 3.63) is 41.5 Å². The molecule has 1 aliphatic carbocycles. The first kappa shape index (κ1) is 12.6. The molecule has 2 aliphatic rings. The molecule has 0 unspecified atom stereocenters. The number of rotatable bonds is 3. The van der Waals surface area contributed by atoms with Crippen LogP contribution in [-0.2, 0) is 6.42 Å². The molecule has 1 fully saturated rings. The molecule has 1 aromatic heterocycles. The summed E-state index contributed by atoms with van der Waals surface area (Å²) in [6.45, 7) is 0.836. The number of hydrogen-bond donors (Lipinski definition) is 1. The fraction of sp³-hybridized carbons (Fsp3) is 0.375. The van der Waals surface area contributed by atoms with Crippen LogP contribution in [0, 0.1) is 5.82 Å². The lowest BCUT2D eigenvalue weighted by Crippen LogP contribution is -2.16. The van der Waals surface area contributed by atoms with Crippen molar-refractivity contribution in [3.8, 4) is 0 Å². The highest BCUT2D eigenvalue weighted by atomic mass is 19.1. The predicted octanol–water partition coefficient (Wildman–Crippen LogP) is 3.23. The second kappa shape index (κ2) is 4.69. The molecule has 2 heterocycles. The minimum atomic E-state index is -0.203. The second-order valence-electron chi connectivity index (χ2n) is 5.67. The number of benzene rings is 1. The molecule has 0 spiro atoms. The Morgan fingerprint density at radius 3 is 2.86 bits per heavy atom. The Morgan fingerprint density at radius 2 is 2.10 bits per heavy atom. The molecule has 1 aromatic carbocycles. The van der Waals surface area contributed by atoms with Gasteiger partial charge in [-0.25, -0.2) is 14.4 Å². The van der Waals surface area contributed by atoms with Gasteiger partial charge in [-0.3, -0.25) is 0 Å². The summed E-state index contributed by atoms with van der Waals surface area (Å²) in [6.07, 6.45) is 3.25. The quantitative estimate of drug-likeness (QED) is 0.939. The zero-order chi connectivity index (χ0) is 14.4. The van der Waals surface area contributed by atoms with Crippen molar-refractivity contribution >= 4 is 17.3 Å².